The van der Waals surface area contributed by atoms with Gasteiger partial charge in [0.15, 0.2) is 0 Å². The standard InChI is InChI=1S/C9H10N2O2/c12-9(13)7-2-1-3-11-8(7)6-4-10-5-6/h1-3,6,10H,4-5H2,(H,12,13). The molecule has 0 aliphatic carbocycles. The summed E-state index contributed by atoms with van der Waals surface area (Å²) in [5.41, 5.74) is 1.03. The first-order valence-electron chi connectivity index (χ1n) is 4.18. The van der Waals surface area contributed by atoms with Crippen molar-refractivity contribution in [3.05, 3.63) is 29.6 Å². The number of hydrogen-bond donors (Lipinski definition) is 2. The van der Waals surface area contributed by atoms with E-state index in [1.54, 1.807) is 18.3 Å². The zero-order valence-electron chi connectivity index (χ0n) is 7.03. The molecule has 1 saturated heterocycles. The summed E-state index contributed by atoms with van der Waals surface area (Å²) in [5.74, 6) is -0.623. The Labute approximate surface area is 75.6 Å². The van der Waals surface area contributed by atoms with E-state index in [2.05, 4.69) is 10.3 Å². The number of rotatable bonds is 2. The zero-order chi connectivity index (χ0) is 9.26. The third-order valence-corrected chi connectivity index (χ3v) is 2.24. The van der Waals surface area contributed by atoms with Crippen LogP contribution in [-0.2, 0) is 0 Å². The lowest BCUT2D eigenvalue weighted by Gasteiger charge is -2.27. The number of aromatic nitrogens is 1. The van der Waals surface area contributed by atoms with E-state index in [0.717, 1.165) is 13.1 Å². The topological polar surface area (TPSA) is 62.2 Å². The second kappa shape index (κ2) is 3.14. The van der Waals surface area contributed by atoms with Gasteiger partial charge in [-0.15, -0.1) is 0 Å². The number of aromatic carboxylic acids is 1. The van der Waals surface area contributed by atoms with Crippen LogP contribution in [0.1, 0.15) is 22.0 Å². The Morgan fingerprint density at radius 3 is 2.92 bits per heavy atom. The summed E-state index contributed by atoms with van der Waals surface area (Å²) in [6.07, 6.45) is 1.64. The average molecular weight is 178 g/mol. The van der Waals surface area contributed by atoms with E-state index >= 15 is 0 Å². The summed E-state index contributed by atoms with van der Waals surface area (Å²) in [6, 6.07) is 3.25. The van der Waals surface area contributed by atoms with Crippen molar-refractivity contribution in [1.29, 1.82) is 0 Å². The minimum absolute atomic E-state index is 0.271. The second-order valence-corrected chi connectivity index (χ2v) is 3.10. The van der Waals surface area contributed by atoms with Crippen LogP contribution in [0.2, 0.25) is 0 Å². The number of hydrogen-bond acceptors (Lipinski definition) is 3. The Kier molecular flexibility index (Phi) is 1.98. The Morgan fingerprint density at radius 1 is 1.62 bits per heavy atom. The normalized spacial score (nSPS) is 16.6. The molecule has 0 radical (unpaired) electrons. The van der Waals surface area contributed by atoms with E-state index in [4.69, 9.17) is 5.11 Å². The van der Waals surface area contributed by atoms with Crippen molar-refractivity contribution in [3.8, 4) is 0 Å². The summed E-state index contributed by atoms with van der Waals surface area (Å²) in [7, 11) is 0. The third-order valence-electron chi connectivity index (χ3n) is 2.24. The van der Waals surface area contributed by atoms with Crippen LogP contribution in [0.15, 0.2) is 18.3 Å². The lowest BCUT2D eigenvalue weighted by atomic mass is 9.95. The van der Waals surface area contributed by atoms with Crippen molar-refractivity contribution in [3.63, 3.8) is 0 Å². The minimum atomic E-state index is -0.894. The SMILES string of the molecule is O=C(O)c1cccnc1C1CNC1. The molecule has 2 heterocycles. The van der Waals surface area contributed by atoms with Gasteiger partial charge in [0.2, 0.25) is 0 Å². The molecule has 0 spiro atoms. The molecule has 13 heavy (non-hydrogen) atoms. The number of carboxylic acid groups (broad SMARTS) is 1. The van der Waals surface area contributed by atoms with Crippen molar-refractivity contribution in [1.82, 2.24) is 10.3 Å². The fourth-order valence-electron chi connectivity index (χ4n) is 1.41. The number of carboxylic acids is 1. The van der Waals surface area contributed by atoms with Crippen LogP contribution in [0, 0.1) is 0 Å². The lowest BCUT2D eigenvalue weighted by Crippen LogP contribution is -2.41. The van der Waals surface area contributed by atoms with Gasteiger partial charge in [0.1, 0.15) is 0 Å². The molecule has 4 nitrogen and oxygen atoms in total. The van der Waals surface area contributed by atoms with E-state index in [-0.39, 0.29) is 5.92 Å². The number of carbonyl (C=O) groups is 1. The van der Waals surface area contributed by atoms with Gasteiger partial charge in [-0.05, 0) is 12.1 Å². The molecule has 0 amide bonds. The van der Waals surface area contributed by atoms with Gasteiger partial charge in [-0.2, -0.15) is 0 Å². The van der Waals surface area contributed by atoms with E-state index in [9.17, 15) is 4.79 Å². The molecule has 1 aliphatic heterocycles. The predicted octanol–water partition coefficient (Wildman–Crippen LogP) is 0.467. The largest absolute Gasteiger partial charge is 0.478 e. The van der Waals surface area contributed by atoms with Crippen molar-refractivity contribution < 1.29 is 9.90 Å². The lowest BCUT2D eigenvalue weighted by molar-refractivity contribution is 0.0694. The van der Waals surface area contributed by atoms with Gasteiger partial charge in [0.25, 0.3) is 0 Å². The second-order valence-electron chi connectivity index (χ2n) is 3.10. The van der Waals surface area contributed by atoms with Gasteiger partial charge >= 0.3 is 5.97 Å². The zero-order valence-corrected chi connectivity index (χ0v) is 7.03. The van der Waals surface area contributed by atoms with Crippen molar-refractivity contribution in [2.24, 2.45) is 0 Å². The Hall–Kier alpha value is -1.42. The van der Waals surface area contributed by atoms with Crippen LogP contribution in [-0.4, -0.2) is 29.1 Å². The molecule has 1 fully saturated rings. The van der Waals surface area contributed by atoms with Crippen LogP contribution < -0.4 is 5.32 Å². The van der Waals surface area contributed by atoms with Crippen LogP contribution in [0.3, 0.4) is 0 Å². The molecule has 4 heteroatoms. The van der Waals surface area contributed by atoms with Gasteiger partial charge in [-0.25, -0.2) is 4.79 Å². The van der Waals surface area contributed by atoms with Crippen LogP contribution >= 0.6 is 0 Å². The number of nitrogens with zero attached hydrogens (tertiary/aromatic N) is 1. The Balaban J connectivity index is 2.36. The summed E-state index contributed by atoms with van der Waals surface area (Å²) in [4.78, 5) is 14.9. The summed E-state index contributed by atoms with van der Waals surface area (Å²) in [6.45, 7) is 1.66. The molecule has 0 atom stereocenters. The van der Waals surface area contributed by atoms with Crippen molar-refractivity contribution in [2.75, 3.05) is 13.1 Å². The molecule has 0 aromatic carbocycles. The first-order chi connectivity index (χ1) is 6.29. The quantitative estimate of drug-likeness (QED) is 0.691. The maximum Gasteiger partial charge on any atom is 0.337 e. The van der Waals surface area contributed by atoms with Crippen LogP contribution in [0.4, 0.5) is 0 Å². The molecule has 1 aliphatic rings. The minimum Gasteiger partial charge on any atom is -0.478 e. The summed E-state index contributed by atoms with van der Waals surface area (Å²) < 4.78 is 0. The van der Waals surface area contributed by atoms with Crippen LogP contribution in [0.5, 0.6) is 0 Å². The maximum atomic E-state index is 10.8. The predicted molar refractivity (Wildman–Crippen MR) is 46.8 cm³/mol. The smallest absolute Gasteiger partial charge is 0.337 e. The van der Waals surface area contributed by atoms with Crippen LogP contribution in [0.25, 0.3) is 0 Å². The molecule has 68 valence electrons. The van der Waals surface area contributed by atoms with E-state index in [1.165, 1.54) is 0 Å². The fraction of sp³-hybridized carbons (Fsp3) is 0.333. The maximum absolute atomic E-state index is 10.8. The molecule has 1 aromatic rings. The van der Waals surface area contributed by atoms with E-state index < -0.39 is 5.97 Å². The highest BCUT2D eigenvalue weighted by atomic mass is 16.4. The fourth-order valence-corrected chi connectivity index (χ4v) is 1.41. The first-order valence-corrected chi connectivity index (χ1v) is 4.18. The highest BCUT2D eigenvalue weighted by Gasteiger charge is 2.24. The van der Waals surface area contributed by atoms with E-state index in [1.807, 2.05) is 0 Å². The molecule has 2 rings (SSSR count). The summed E-state index contributed by atoms with van der Waals surface area (Å²) in [5, 5.41) is 12.0. The van der Waals surface area contributed by atoms with Gasteiger partial charge in [0.05, 0.1) is 11.3 Å². The van der Waals surface area contributed by atoms with E-state index in [0.29, 0.717) is 11.3 Å². The molecule has 2 N–H and O–H groups in total. The first kappa shape index (κ1) is 8.19. The molecule has 0 unspecified atom stereocenters. The average Bonchev–Trinajstić information content (AvgIpc) is 2.02. The number of nitrogens with one attached hydrogen (secondary N) is 1. The molecule has 1 aromatic heterocycles. The Bertz CT molecular complexity index is 334. The van der Waals surface area contributed by atoms with Crippen molar-refractivity contribution in [2.45, 2.75) is 5.92 Å². The number of pyridine rings is 1. The van der Waals surface area contributed by atoms with Gasteiger partial charge in [-0.3, -0.25) is 4.98 Å². The molecular weight excluding hydrogens is 168 g/mol. The van der Waals surface area contributed by atoms with Gasteiger partial charge < -0.3 is 10.4 Å². The molecule has 0 saturated carbocycles. The van der Waals surface area contributed by atoms with Gasteiger partial charge in [-0.1, -0.05) is 0 Å². The van der Waals surface area contributed by atoms with Gasteiger partial charge in [0, 0.05) is 25.2 Å². The molecule has 0 bridgehead atoms. The highest BCUT2D eigenvalue weighted by molar-refractivity contribution is 5.89. The monoisotopic (exact) mass is 178 g/mol. The molecular formula is C9H10N2O2. The highest BCUT2D eigenvalue weighted by Crippen LogP contribution is 2.20. The van der Waals surface area contributed by atoms with Crippen molar-refractivity contribution >= 4 is 5.97 Å². The Morgan fingerprint density at radius 2 is 2.38 bits per heavy atom. The third kappa shape index (κ3) is 1.40. The summed E-state index contributed by atoms with van der Waals surface area (Å²) >= 11 is 0.